The van der Waals surface area contributed by atoms with Crippen LogP contribution < -0.4 is 10.2 Å². The molecule has 0 aliphatic carbocycles. The van der Waals surface area contributed by atoms with Gasteiger partial charge >= 0.3 is 0 Å². The molecule has 2 aromatic carbocycles. The number of carbonyl (C=O) groups is 2. The smallest absolute Gasteiger partial charge is 0.274 e. The Labute approximate surface area is 168 Å². The Morgan fingerprint density at radius 3 is 2.72 bits per heavy atom. The van der Waals surface area contributed by atoms with Gasteiger partial charge in [0.25, 0.3) is 5.91 Å². The van der Waals surface area contributed by atoms with Crippen molar-refractivity contribution >= 4 is 23.1 Å². The number of para-hydroxylation sites is 1. The van der Waals surface area contributed by atoms with Crippen molar-refractivity contribution in [3.05, 3.63) is 89.8 Å². The van der Waals surface area contributed by atoms with Gasteiger partial charge in [-0.1, -0.05) is 60.3 Å². The number of carbonyl (C=O) groups excluding carboxylic acids is 2. The molecule has 29 heavy (non-hydrogen) atoms. The minimum atomic E-state index is -0.721. The summed E-state index contributed by atoms with van der Waals surface area (Å²) in [6.45, 7) is 4.10. The molecule has 6 nitrogen and oxygen atoms in total. The maximum atomic E-state index is 12.9. The van der Waals surface area contributed by atoms with Gasteiger partial charge in [-0.2, -0.15) is 0 Å². The van der Waals surface area contributed by atoms with Crippen LogP contribution in [0.25, 0.3) is 5.57 Å². The molecule has 1 N–H and O–H groups in total. The number of hydrogen-bond acceptors (Lipinski definition) is 4. The average molecular weight is 387 g/mol. The van der Waals surface area contributed by atoms with Gasteiger partial charge in [0.1, 0.15) is 11.8 Å². The van der Waals surface area contributed by atoms with Gasteiger partial charge in [0, 0.05) is 31.5 Å². The summed E-state index contributed by atoms with van der Waals surface area (Å²) in [5, 5.41) is 6.65. The molecule has 0 saturated carbocycles. The summed E-state index contributed by atoms with van der Waals surface area (Å²) < 4.78 is 5.30. The minimum absolute atomic E-state index is 0.152. The van der Waals surface area contributed by atoms with Crippen LogP contribution in [0.15, 0.2) is 71.8 Å². The quantitative estimate of drug-likeness (QED) is 0.744. The maximum Gasteiger partial charge on any atom is 0.274 e. The van der Waals surface area contributed by atoms with Crippen LogP contribution in [0.5, 0.6) is 0 Å². The van der Waals surface area contributed by atoms with Gasteiger partial charge in [-0.3, -0.25) is 9.59 Å². The zero-order chi connectivity index (χ0) is 20.4. The third kappa shape index (κ3) is 3.82. The summed E-state index contributed by atoms with van der Waals surface area (Å²) in [5.41, 5.74) is 3.70. The van der Waals surface area contributed by atoms with E-state index in [-0.39, 0.29) is 11.6 Å². The van der Waals surface area contributed by atoms with Crippen LogP contribution in [-0.4, -0.2) is 30.1 Å². The highest BCUT2D eigenvalue weighted by molar-refractivity contribution is 6.05. The Bertz CT molecular complexity index is 1070. The van der Waals surface area contributed by atoms with Gasteiger partial charge in [-0.15, -0.1) is 0 Å². The number of hydrogen-bond donors (Lipinski definition) is 1. The fourth-order valence-corrected chi connectivity index (χ4v) is 3.51. The van der Waals surface area contributed by atoms with E-state index in [0.29, 0.717) is 18.6 Å². The molecule has 0 saturated heterocycles. The highest BCUT2D eigenvalue weighted by atomic mass is 16.5. The number of likely N-dealkylation sites (N-methyl/N-ethyl adjacent to an activating group) is 1. The van der Waals surface area contributed by atoms with E-state index in [2.05, 4.69) is 17.1 Å². The van der Waals surface area contributed by atoms with E-state index in [4.69, 9.17) is 4.52 Å². The predicted molar refractivity (Wildman–Crippen MR) is 111 cm³/mol. The summed E-state index contributed by atoms with van der Waals surface area (Å²) in [5.74, 6) is -0.0569. The monoisotopic (exact) mass is 387 g/mol. The molecule has 1 aromatic heterocycles. The van der Waals surface area contributed by atoms with Crippen LogP contribution >= 0.6 is 0 Å². The number of fused-ring (bicyclic) bond motifs is 1. The van der Waals surface area contributed by atoms with E-state index >= 15 is 0 Å². The van der Waals surface area contributed by atoms with Crippen molar-refractivity contribution in [2.24, 2.45) is 0 Å². The second-order valence-corrected chi connectivity index (χ2v) is 7.09. The molecule has 146 valence electrons. The maximum absolute atomic E-state index is 12.9. The van der Waals surface area contributed by atoms with Crippen LogP contribution in [0.4, 0.5) is 5.69 Å². The third-order valence-electron chi connectivity index (χ3n) is 5.04. The van der Waals surface area contributed by atoms with Gasteiger partial charge in [-0.05, 0) is 17.2 Å². The van der Waals surface area contributed by atoms with Crippen molar-refractivity contribution in [3.8, 4) is 0 Å². The van der Waals surface area contributed by atoms with E-state index in [9.17, 15) is 9.59 Å². The second-order valence-electron chi connectivity index (χ2n) is 7.09. The summed E-state index contributed by atoms with van der Waals surface area (Å²) in [6, 6.07) is 18.3. The fourth-order valence-electron chi connectivity index (χ4n) is 3.51. The Morgan fingerprint density at radius 2 is 1.93 bits per heavy atom. The van der Waals surface area contributed by atoms with E-state index in [1.165, 1.54) is 0 Å². The number of anilines is 1. The lowest BCUT2D eigenvalue weighted by atomic mass is 10.0. The van der Waals surface area contributed by atoms with Crippen molar-refractivity contribution in [3.63, 3.8) is 0 Å². The van der Waals surface area contributed by atoms with Crippen molar-refractivity contribution < 1.29 is 14.1 Å². The SMILES string of the molecule is C=C1CC(NC(=O)c2cc(Cc3ccccc3)on2)C(=O)N(C)c2ccccc21. The first kappa shape index (κ1) is 18.7. The number of nitrogens with one attached hydrogen (secondary N) is 1. The lowest BCUT2D eigenvalue weighted by Crippen LogP contribution is -2.46. The Hall–Kier alpha value is -3.67. The minimum Gasteiger partial charge on any atom is -0.360 e. The molecule has 3 aromatic rings. The second kappa shape index (κ2) is 7.75. The van der Waals surface area contributed by atoms with Crippen LogP contribution in [0.2, 0.25) is 0 Å². The van der Waals surface area contributed by atoms with E-state index < -0.39 is 11.9 Å². The van der Waals surface area contributed by atoms with Gasteiger partial charge in [0.15, 0.2) is 5.69 Å². The van der Waals surface area contributed by atoms with Crippen LogP contribution in [-0.2, 0) is 11.2 Å². The molecule has 4 rings (SSSR count). The number of aromatic nitrogens is 1. The van der Waals surface area contributed by atoms with Gasteiger partial charge < -0.3 is 14.7 Å². The topological polar surface area (TPSA) is 75.4 Å². The molecule has 0 radical (unpaired) electrons. The molecule has 0 fully saturated rings. The molecule has 1 atom stereocenters. The standard InChI is InChI=1S/C23H21N3O3/c1-15-12-20(23(28)26(2)21-11-7-6-10-18(15)21)24-22(27)19-14-17(29-25-19)13-16-8-4-3-5-9-16/h3-11,14,20H,1,12-13H2,2H3,(H,24,27). The molecule has 1 aliphatic rings. The van der Waals surface area contributed by atoms with Crippen molar-refractivity contribution in [1.82, 2.24) is 10.5 Å². The molecule has 0 bridgehead atoms. The normalized spacial score (nSPS) is 16.3. The Balaban J connectivity index is 1.49. The molecule has 6 heteroatoms. The number of nitrogens with zero attached hydrogens (tertiary/aromatic N) is 2. The first-order chi connectivity index (χ1) is 14.0. The zero-order valence-electron chi connectivity index (χ0n) is 16.1. The van der Waals surface area contributed by atoms with Crippen LogP contribution in [0.3, 0.4) is 0 Å². The first-order valence-electron chi connectivity index (χ1n) is 9.38. The molecule has 1 unspecified atom stereocenters. The van der Waals surface area contributed by atoms with Crippen LogP contribution in [0, 0.1) is 0 Å². The summed E-state index contributed by atoms with van der Waals surface area (Å²) in [6.07, 6.45) is 0.874. The van der Waals surface area contributed by atoms with E-state index in [1.54, 1.807) is 18.0 Å². The van der Waals surface area contributed by atoms with Gasteiger partial charge in [0.05, 0.1) is 5.69 Å². The molecular formula is C23H21N3O3. The number of benzene rings is 2. The van der Waals surface area contributed by atoms with E-state index in [0.717, 1.165) is 22.4 Å². The fraction of sp³-hybridized carbons (Fsp3) is 0.174. The molecule has 1 aliphatic heterocycles. The predicted octanol–water partition coefficient (Wildman–Crippen LogP) is 3.44. The van der Waals surface area contributed by atoms with E-state index in [1.807, 2.05) is 54.6 Å². The summed E-state index contributed by atoms with van der Waals surface area (Å²) in [4.78, 5) is 27.1. The summed E-state index contributed by atoms with van der Waals surface area (Å²) in [7, 11) is 1.70. The Morgan fingerprint density at radius 1 is 1.21 bits per heavy atom. The molecule has 2 amide bonds. The number of rotatable bonds is 4. The molecule has 0 spiro atoms. The van der Waals surface area contributed by atoms with Crippen LogP contribution in [0.1, 0.15) is 33.8 Å². The highest BCUT2D eigenvalue weighted by Crippen LogP contribution is 2.32. The molecular weight excluding hydrogens is 366 g/mol. The van der Waals surface area contributed by atoms with Crippen molar-refractivity contribution in [2.45, 2.75) is 18.9 Å². The van der Waals surface area contributed by atoms with Crippen molar-refractivity contribution in [2.75, 3.05) is 11.9 Å². The largest absolute Gasteiger partial charge is 0.360 e. The van der Waals surface area contributed by atoms with Gasteiger partial charge in [-0.25, -0.2) is 0 Å². The molecule has 2 heterocycles. The Kier molecular flexibility index (Phi) is 4.99. The zero-order valence-corrected chi connectivity index (χ0v) is 16.1. The van der Waals surface area contributed by atoms with Crippen molar-refractivity contribution in [1.29, 1.82) is 0 Å². The average Bonchev–Trinajstić information content (AvgIpc) is 3.18. The highest BCUT2D eigenvalue weighted by Gasteiger charge is 2.31. The third-order valence-corrected chi connectivity index (χ3v) is 5.04. The van der Waals surface area contributed by atoms with Gasteiger partial charge in [0.2, 0.25) is 5.91 Å². The lowest BCUT2D eigenvalue weighted by molar-refractivity contribution is -0.120. The summed E-state index contributed by atoms with van der Waals surface area (Å²) >= 11 is 0. The lowest BCUT2D eigenvalue weighted by Gasteiger charge is -2.21. The number of amides is 2. The first-order valence-corrected chi connectivity index (χ1v) is 9.38.